The maximum atomic E-state index is 12.7. The van der Waals surface area contributed by atoms with E-state index in [1.165, 1.54) is 6.92 Å². The highest BCUT2D eigenvalue weighted by atomic mass is 19.1. The van der Waals surface area contributed by atoms with Crippen molar-refractivity contribution in [2.45, 2.75) is 26.1 Å². The topological polar surface area (TPSA) is 52.3 Å². The second-order valence-electron chi connectivity index (χ2n) is 1.94. The number of hydrogen-bond donors (Lipinski definition) is 1. The minimum absolute atomic E-state index is 0.0637. The van der Waals surface area contributed by atoms with Crippen molar-refractivity contribution in [2.75, 3.05) is 6.61 Å². The van der Waals surface area contributed by atoms with E-state index in [4.69, 9.17) is 5.73 Å². The van der Waals surface area contributed by atoms with Crippen molar-refractivity contribution < 1.29 is 13.9 Å². The molecule has 0 bridgehead atoms. The Morgan fingerprint density at radius 1 is 1.70 bits per heavy atom. The molecule has 0 heterocycles. The quantitative estimate of drug-likeness (QED) is 0.471. The molecule has 2 N–H and O–H groups in total. The van der Waals surface area contributed by atoms with Crippen LogP contribution in [0.4, 0.5) is 4.39 Å². The third-order valence-corrected chi connectivity index (χ3v) is 1.13. The van der Waals surface area contributed by atoms with Gasteiger partial charge in [0, 0.05) is 6.42 Å². The fourth-order valence-corrected chi connectivity index (χ4v) is 0.395. The van der Waals surface area contributed by atoms with E-state index < -0.39 is 11.8 Å². The fraction of sp³-hybridized carbons (Fsp3) is 0.833. The van der Waals surface area contributed by atoms with E-state index in [1.54, 1.807) is 6.92 Å². The standard InChI is InChI=1S/C6H12FNO2/c1-3-6(7,8)5(9)10-4-2/h3-4,8H2,1-2H3. The van der Waals surface area contributed by atoms with Gasteiger partial charge in [-0.1, -0.05) is 6.92 Å². The SMILES string of the molecule is CCOC(=O)C(N)(F)CC. The van der Waals surface area contributed by atoms with Gasteiger partial charge in [0.05, 0.1) is 6.61 Å². The van der Waals surface area contributed by atoms with Crippen LogP contribution in [0.15, 0.2) is 0 Å². The van der Waals surface area contributed by atoms with E-state index in [0.29, 0.717) is 0 Å². The molecule has 0 rings (SSSR count). The van der Waals surface area contributed by atoms with Crippen LogP contribution < -0.4 is 5.73 Å². The lowest BCUT2D eigenvalue weighted by Crippen LogP contribution is -2.43. The van der Waals surface area contributed by atoms with Crippen molar-refractivity contribution >= 4 is 5.97 Å². The van der Waals surface area contributed by atoms with Crippen LogP contribution in [-0.4, -0.2) is 18.4 Å². The molecule has 0 aromatic carbocycles. The summed E-state index contributed by atoms with van der Waals surface area (Å²) >= 11 is 0. The molecule has 3 nitrogen and oxygen atoms in total. The minimum Gasteiger partial charge on any atom is -0.463 e. The minimum atomic E-state index is -2.31. The smallest absolute Gasteiger partial charge is 0.358 e. The molecule has 0 fully saturated rings. The van der Waals surface area contributed by atoms with Crippen LogP contribution in [0.1, 0.15) is 20.3 Å². The molecule has 0 radical (unpaired) electrons. The molecule has 0 aliphatic rings. The van der Waals surface area contributed by atoms with Crippen molar-refractivity contribution in [3.63, 3.8) is 0 Å². The highest BCUT2D eigenvalue weighted by Crippen LogP contribution is 2.09. The van der Waals surface area contributed by atoms with E-state index in [1.807, 2.05) is 0 Å². The van der Waals surface area contributed by atoms with Crippen molar-refractivity contribution in [1.82, 2.24) is 0 Å². The van der Waals surface area contributed by atoms with Crippen molar-refractivity contribution in [1.29, 1.82) is 0 Å². The van der Waals surface area contributed by atoms with E-state index in [2.05, 4.69) is 4.74 Å². The number of halogens is 1. The monoisotopic (exact) mass is 149 g/mol. The Labute approximate surface area is 59.3 Å². The molecule has 1 unspecified atom stereocenters. The van der Waals surface area contributed by atoms with Gasteiger partial charge in [-0.25, -0.2) is 9.18 Å². The predicted molar refractivity (Wildman–Crippen MR) is 35.0 cm³/mol. The third-order valence-electron chi connectivity index (χ3n) is 1.13. The first-order valence-corrected chi connectivity index (χ1v) is 3.19. The summed E-state index contributed by atoms with van der Waals surface area (Å²) in [5, 5.41) is 0. The maximum absolute atomic E-state index is 12.7. The highest BCUT2D eigenvalue weighted by molar-refractivity contribution is 5.78. The number of nitrogens with two attached hydrogens (primary N) is 1. The third kappa shape index (κ3) is 2.31. The lowest BCUT2D eigenvalue weighted by Gasteiger charge is -2.14. The van der Waals surface area contributed by atoms with Crippen LogP contribution in [0.3, 0.4) is 0 Å². The summed E-state index contributed by atoms with van der Waals surface area (Å²) in [5.74, 6) is -3.30. The zero-order chi connectivity index (χ0) is 8.20. The summed E-state index contributed by atoms with van der Waals surface area (Å²) in [6, 6.07) is 0. The van der Waals surface area contributed by atoms with Gasteiger partial charge in [0.15, 0.2) is 0 Å². The Morgan fingerprint density at radius 3 is 2.50 bits per heavy atom. The van der Waals surface area contributed by atoms with Gasteiger partial charge < -0.3 is 4.74 Å². The number of hydrogen-bond acceptors (Lipinski definition) is 3. The molecule has 0 saturated carbocycles. The van der Waals surface area contributed by atoms with Gasteiger partial charge in [-0.15, -0.1) is 0 Å². The van der Waals surface area contributed by atoms with Crippen molar-refractivity contribution in [3.05, 3.63) is 0 Å². The zero-order valence-electron chi connectivity index (χ0n) is 6.19. The van der Waals surface area contributed by atoms with Gasteiger partial charge in [0.1, 0.15) is 0 Å². The van der Waals surface area contributed by atoms with Gasteiger partial charge in [0.2, 0.25) is 0 Å². The van der Waals surface area contributed by atoms with Crippen LogP contribution in [0.25, 0.3) is 0 Å². The number of rotatable bonds is 3. The molecule has 0 saturated heterocycles. The summed E-state index contributed by atoms with van der Waals surface area (Å²) < 4.78 is 17.1. The first kappa shape index (κ1) is 9.36. The van der Waals surface area contributed by atoms with Crippen molar-refractivity contribution in [2.24, 2.45) is 5.73 Å². The average Bonchev–Trinajstić information content (AvgIpc) is 1.89. The highest BCUT2D eigenvalue weighted by Gasteiger charge is 2.32. The van der Waals surface area contributed by atoms with Gasteiger partial charge in [-0.2, -0.15) is 0 Å². The number of carbonyl (C=O) groups is 1. The second kappa shape index (κ2) is 3.51. The molecule has 0 aliphatic heterocycles. The number of carbonyl (C=O) groups excluding carboxylic acids is 1. The van der Waals surface area contributed by atoms with Crippen LogP contribution in [0.2, 0.25) is 0 Å². The summed E-state index contributed by atoms with van der Waals surface area (Å²) in [6.07, 6.45) is -0.0637. The molecule has 0 aromatic rings. The number of ether oxygens (including phenoxy) is 1. The first-order chi connectivity index (χ1) is 4.54. The lowest BCUT2D eigenvalue weighted by atomic mass is 10.2. The van der Waals surface area contributed by atoms with E-state index in [0.717, 1.165) is 0 Å². The van der Waals surface area contributed by atoms with Gasteiger partial charge >= 0.3 is 5.97 Å². The molecule has 4 heteroatoms. The molecular weight excluding hydrogens is 137 g/mol. The van der Waals surface area contributed by atoms with Crippen LogP contribution in [-0.2, 0) is 9.53 Å². The van der Waals surface area contributed by atoms with Crippen LogP contribution in [0.5, 0.6) is 0 Å². The van der Waals surface area contributed by atoms with Gasteiger partial charge in [0.25, 0.3) is 5.79 Å². The summed E-state index contributed by atoms with van der Waals surface area (Å²) in [4.78, 5) is 10.6. The number of alkyl halides is 1. The van der Waals surface area contributed by atoms with E-state index >= 15 is 0 Å². The summed E-state index contributed by atoms with van der Waals surface area (Å²) in [7, 11) is 0. The van der Waals surface area contributed by atoms with Gasteiger partial charge in [-0.05, 0) is 6.92 Å². The maximum Gasteiger partial charge on any atom is 0.358 e. The largest absolute Gasteiger partial charge is 0.463 e. The molecule has 0 aliphatic carbocycles. The fourth-order valence-electron chi connectivity index (χ4n) is 0.395. The second-order valence-corrected chi connectivity index (χ2v) is 1.94. The lowest BCUT2D eigenvalue weighted by molar-refractivity contribution is -0.157. The van der Waals surface area contributed by atoms with E-state index in [-0.39, 0.29) is 13.0 Å². The molecule has 0 amide bonds. The Morgan fingerprint density at radius 2 is 2.20 bits per heavy atom. The van der Waals surface area contributed by atoms with Crippen molar-refractivity contribution in [3.8, 4) is 0 Å². The molecule has 10 heavy (non-hydrogen) atoms. The summed E-state index contributed by atoms with van der Waals surface area (Å²) in [6.45, 7) is 3.24. The molecule has 60 valence electrons. The Bertz CT molecular complexity index is 125. The molecule has 0 spiro atoms. The Balaban J connectivity index is 3.91. The predicted octanol–water partition coefficient (Wildman–Crippen LogP) is 0.584. The van der Waals surface area contributed by atoms with Crippen LogP contribution in [0, 0.1) is 0 Å². The molecule has 1 atom stereocenters. The number of esters is 1. The normalized spacial score (nSPS) is 16.0. The zero-order valence-corrected chi connectivity index (χ0v) is 6.19. The Kier molecular flexibility index (Phi) is 3.28. The Hall–Kier alpha value is -0.640. The van der Waals surface area contributed by atoms with E-state index in [9.17, 15) is 9.18 Å². The van der Waals surface area contributed by atoms with Gasteiger partial charge in [-0.3, -0.25) is 5.73 Å². The summed E-state index contributed by atoms with van der Waals surface area (Å²) in [5.41, 5.74) is 4.90. The first-order valence-electron chi connectivity index (χ1n) is 3.19. The molecule has 0 aromatic heterocycles. The average molecular weight is 149 g/mol. The van der Waals surface area contributed by atoms with Crippen LogP contribution >= 0.6 is 0 Å². The molecular formula is C6H12FNO2.